The first kappa shape index (κ1) is 12.0. The van der Waals surface area contributed by atoms with Gasteiger partial charge in [-0.3, -0.25) is 0 Å². The Morgan fingerprint density at radius 1 is 1.12 bits per heavy atom. The highest BCUT2D eigenvalue weighted by Crippen LogP contribution is 2.29. The molecule has 4 heteroatoms. The van der Waals surface area contributed by atoms with Gasteiger partial charge in [0, 0.05) is 16.4 Å². The van der Waals surface area contributed by atoms with E-state index in [1.54, 1.807) is 6.20 Å². The van der Waals surface area contributed by atoms with Crippen molar-refractivity contribution < 1.29 is 4.74 Å². The van der Waals surface area contributed by atoms with Crippen LogP contribution in [-0.4, -0.2) is 9.97 Å². The van der Waals surface area contributed by atoms with E-state index < -0.39 is 0 Å². The summed E-state index contributed by atoms with van der Waals surface area (Å²) in [6.07, 6.45) is 1.69. The Kier molecular flexibility index (Phi) is 3.43. The standard InChI is InChI=1S/C13H13BrN2O/c1-8-6-9(2)12(7-11(8)14)17-13-15-5-4-10(3)16-13/h4-7H,1-3H3. The molecule has 0 N–H and O–H groups in total. The fourth-order valence-corrected chi connectivity index (χ4v) is 1.81. The topological polar surface area (TPSA) is 35.0 Å². The van der Waals surface area contributed by atoms with Gasteiger partial charge in [-0.2, -0.15) is 0 Å². The lowest BCUT2D eigenvalue weighted by Crippen LogP contribution is -1.95. The molecule has 17 heavy (non-hydrogen) atoms. The zero-order valence-electron chi connectivity index (χ0n) is 9.99. The maximum atomic E-state index is 5.67. The number of aryl methyl sites for hydroxylation is 3. The van der Waals surface area contributed by atoms with E-state index >= 15 is 0 Å². The van der Waals surface area contributed by atoms with Gasteiger partial charge in [0.1, 0.15) is 5.75 Å². The van der Waals surface area contributed by atoms with E-state index in [0.717, 1.165) is 21.5 Å². The van der Waals surface area contributed by atoms with Crippen LogP contribution in [0.4, 0.5) is 0 Å². The number of halogens is 1. The Balaban J connectivity index is 2.33. The van der Waals surface area contributed by atoms with Crippen molar-refractivity contribution in [3.63, 3.8) is 0 Å². The molecule has 0 bridgehead atoms. The first-order valence-electron chi connectivity index (χ1n) is 5.30. The average molecular weight is 293 g/mol. The van der Waals surface area contributed by atoms with Gasteiger partial charge >= 0.3 is 6.01 Å². The monoisotopic (exact) mass is 292 g/mol. The van der Waals surface area contributed by atoms with E-state index in [-0.39, 0.29) is 0 Å². The minimum atomic E-state index is 0.379. The largest absolute Gasteiger partial charge is 0.424 e. The molecular weight excluding hydrogens is 280 g/mol. The molecule has 1 aromatic heterocycles. The summed E-state index contributed by atoms with van der Waals surface area (Å²) in [6, 6.07) is 6.22. The zero-order chi connectivity index (χ0) is 12.4. The van der Waals surface area contributed by atoms with Gasteiger partial charge in [0.05, 0.1) is 0 Å². The van der Waals surface area contributed by atoms with Crippen LogP contribution in [0.2, 0.25) is 0 Å². The molecule has 1 heterocycles. The Morgan fingerprint density at radius 3 is 2.59 bits per heavy atom. The van der Waals surface area contributed by atoms with Crippen LogP contribution in [0.1, 0.15) is 16.8 Å². The van der Waals surface area contributed by atoms with Crippen LogP contribution in [0.15, 0.2) is 28.9 Å². The van der Waals surface area contributed by atoms with E-state index in [2.05, 4.69) is 32.0 Å². The summed E-state index contributed by atoms with van der Waals surface area (Å²) >= 11 is 3.49. The SMILES string of the molecule is Cc1ccnc(Oc2cc(Br)c(C)cc2C)n1. The second-order valence-electron chi connectivity index (χ2n) is 3.95. The molecule has 3 nitrogen and oxygen atoms in total. The van der Waals surface area contributed by atoms with Crippen molar-refractivity contribution in [3.8, 4) is 11.8 Å². The van der Waals surface area contributed by atoms with Gasteiger partial charge in [-0.05, 0) is 44.0 Å². The maximum absolute atomic E-state index is 5.67. The molecule has 2 aromatic rings. The van der Waals surface area contributed by atoms with Crippen molar-refractivity contribution in [1.29, 1.82) is 0 Å². The summed E-state index contributed by atoms with van der Waals surface area (Å²) in [5.41, 5.74) is 3.13. The summed E-state index contributed by atoms with van der Waals surface area (Å²) in [4.78, 5) is 8.29. The summed E-state index contributed by atoms with van der Waals surface area (Å²) in [5, 5.41) is 0. The molecule has 0 atom stereocenters. The molecule has 1 aromatic carbocycles. The van der Waals surface area contributed by atoms with Crippen LogP contribution >= 0.6 is 15.9 Å². The molecule has 2 rings (SSSR count). The smallest absolute Gasteiger partial charge is 0.322 e. The highest BCUT2D eigenvalue weighted by atomic mass is 79.9. The van der Waals surface area contributed by atoms with Crippen molar-refractivity contribution in [1.82, 2.24) is 9.97 Å². The molecule has 88 valence electrons. The molecule has 0 amide bonds. The Bertz CT molecular complexity index is 555. The highest BCUT2D eigenvalue weighted by molar-refractivity contribution is 9.10. The lowest BCUT2D eigenvalue weighted by molar-refractivity contribution is 0.437. The third kappa shape index (κ3) is 2.82. The van der Waals surface area contributed by atoms with Crippen molar-refractivity contribution in [2.75, 3.05) is 0 Å². The molecule has 0 aliphatic heterocycles. The molecule has 0 spiro atoms. The van der Waals surface area contributed by atoms with Crippen LogP contribution in [0.3, 0.4) is 0 Å². The van der Waals surface area contributed by atoms with Crippen LogP contribution in [0.25, 0.3) is 0 Å². The van der Waals surface area contributed by atoms with Crippen LogP contribution in [0.5, 0.6) is 11.8 Å². The lowest BCUT2D eigenvalue weighted by atomic mass is 10.1. The van der Waals surface area contributed by atoms with Crippen LogP contribution in [-0.2, 0) is 0 Å². The molecule has 0 fully saturated rings. The van der Waals surface area contributed by atoms with E-state index in [4.69, 9.17) is 4.74 Å². The Morgan fingerprint density at radius 2 is 1.88 bits per heavy atom. The van der Waals surface area contributed by atoms with E-state index in [9.17, 15) is 0 Å². The number of aromatic nitrogens is 2. The number of nitrogens with zero attached hydrogens (tertiary/aromatic N) is 2. The maximum Gasteiger partial charge on any atom is 0.322 e. The summed E-state index contributed by atoms with van der Waals surface area (Å²) in [5.74, 6) is 0.771. The Hall–Kier alpha value is -1.42. The predicted molar refractivity (Wildman–Crippen MR) is 70.5 cm³/mol. The van der Waals surface area contributed by atoms with Gasteiger partial charge in [-0.1, -0.05) is 22.0 Å². The zero-order valence-corrected chi connectivity index (χ0v) is 11.6. The Labute approximate surface area is 109 Å². The highest BCUT2D eigenvalue weighted by Gasteiger charge is 2.06. The third-order valence-electron chi connectivity index (χ3n) is 2.43. The van der Waals surface area contributed by atoms with Crippen molar-refractivity contribution in [3.05, 3.63) is 45.7 Å². The summed E-state index contributed by atoms with van der Waals surface area (Å²) < 4.78 is 6.69. The van der Waals surface area contributed by atoms with Gasteiger partial charge in [0.15, 0.2) is 0 Å². The fraction of sp³-hybridized carbons (Fsp3) is 0.231. The first-order valence-corrected chi connectivity index (χ1v) is 6.10. The van der Waals surface area contributed by atoms with E-state index in [1.807, 2.05) is 32.9 Å². The quantitative estimate of drug-likeness (QED) is 0.840. The van der Waals surface area contributed by atoms with Crippen LogP contribution < -0.4 is 4.74 Å². The van der Waals surface area contributed by atoms with Crippen molar-refractivity contribution in [2.45, 2.75) is 20.8 Å². The number of hydrogen-bond donors (Lipinski definition) is 0. The third-order valence-corrected chi connectivity index (χ3v) is 3.28. The van der Waals surface area contributed by atoms with Crippen LogP contribution in [0, 0.1) is 20.8 Å². The van der Waals surface area contributed by atoms with E-state index in [1.165, 1.54) is 5.56 Å². The van der Waals surface area contributed by atoms with Crippen molar-refractivity contribution in [2.24, 2.45) is 0 Å². The van der Waals surface area contributed by atoms with Gasteiger partial charge < -0.3 is 4.74 Å². The number of ether oxygens (including phenoxy) is 1. The van der Waals surface area contributed by atoms with Crippen molar-refractivity contribution >= 4 is 15.9 Å². The number of benzene rings is 1. The average Bonchev–Trinajstić information content (AvgIpc) is 2.26. The molecule has 0 aliphatic carbocycles. The molecule has 0 radical (unpaired) electrons. The van der Waals surface area contributed by atoms with Gasteiger partial charge in [-0.25, -0.2) is 9.97 Å². The second-order valence-corrected chi connectivity index (χ2v) is 4.80. The minimum absolute atomic E-state index is 0.379. The van der Waals surface area contributed by atoms with Gasteiger partial charge in [-0.15, -0.1) is 0 Å². The number of rotatable bonds is 2. The second kappa shape index (κ2) is 4.84. The molecule has 0 saturated carbocycles. The molecular formula is C13H13BrN2O. The fourth-order valence-electron chi connectivity index (χ4n) is 1.49. The molecule has 0 unspecified atom stereocenters. The molecule has 0 saturated heterocycles. The summed E-state index contributed by atoms with van der Waals surface area (Å²) in [7, 11) is 0. The summed E-state index contributed by atoms with van der Waals surface area (Å²) in [6.45, 7) is 5.96. The van der Waals surface area contributed by atoms with Gasteiger partial charge in [0.25, 0.3) is 0 Å². The minimum Gasteiger partial charge on any atom is -0.424 e. The van der Waals surface area contributed by atoms with E-state index in [0.29, 0.717) is 6.01 Å². The number of hydrogen-bond acceptors (Lipinski definition) is 3. The normalized spacial score (nSPS) is 10.4. The van der Waals surface area contributed by atoms with Gasteiger partial charge in [0.2, 0.25) is 0 Å². The first-order chi connectivity index (χ1) is 8.06. The molecule has 0 aliphatic rings. The lowest BCUT2D eigenvalue weighted by Gasteiger charge is -2.09. The predicted octanol–water partition coefficient (Wildman–Crippen LogP) is 3.96.